The molecule has 0 aliphatic rings. The second kappa shape index (κ2) is 10.0. The van der Waals surface area contributed by atoms with Crippen LogP contribution in [0.1, 0.15) is 51.8 Å². The molecular weight excluding hydrogens is 416 g/mol. The Kier molecular flexibility index (Phi) is 7.33. The van der Waals surface area contributed by atoms with E-state index in [0.717, 1.165) is 22.5 Å². The summed E-state index contributed by atoms with van der Waals surface area (Å²) in [6.45, 7) is 10.5. The van der Waals surface area contributed by atoms with Crippen LogP contribution in [0.5, 0.6) is 0 Å². The van der Waals surface area contributed by atoms with Crippen LogP contribution in [-0.4, -0.2) is 38.9 Å². The molecular formula is C26H32N4O3. The Morgan fingerprint density at radius 2 is 1.70 bits per heavy atom. The van der Waals surface area contributed by atoms with Crippen LogP contribution in [0.3, 0.4) is 0 Å². The van der Waals surface area contributed by atoms with Gasteiger partial charge in [0.05, 0.1) is 18.3 Å². The van der Waals surface area contributed by atoms with Crippen LogP contribution in [0.15, 0.2) is 54.7 Å². The average molecular weight is 449 g/mol. The highest BCUT2D eigenvalue weighted by Gasteiger charge is 2.20. The zero-order chi connectivity index (χ0) is 24.2. The second-order valence-corrected chi connectivity index (χ2v) is 9.38. The van der Waals surface area contributed by atoms with Gasteiger partial charge in [0.1, 0.15) is 0 Å². The number of aliphatic hydroxyl groups excluding tert-OH is 1. The van der Waals surface area contributed by atoms with Gasteiger partial charge >= 0.3 is 6.09 Å². The van der Waals surface area contributed by atoms with Crippen LogP contribution in [0.4, 0.5) is 10.5 Å². The van der Waals surface area contributed by atoms with Crippen molar-refractivity contribution in [3.63, 3.8) is 0 Å². The first-order valence-corrected chi connectivity index (χ1v) is 11.0. The Hall–Kier alpha value is -3.45. The van der Waals surface area contributed by atoms with Crippen molar-refractivity contribution in [3.8, 4) is 22.6 Å². The zero-order valence-electron chi connectivity index (χ0n) is 19.8. The predicted octanol–water partition coefficient (Wildman–Crippen LogP) is 5.23. The SMILES string of the molecule is CC(C)Nc1ccc(-c2ccnc(-c3ccc(C(CO)NC(=O)O)cc3)n2)cc1C(C)(C)C. The summed E-state index contributed by atoms with van der Waals surface area (Å²) in [5, 5.41) is 24.2. The van der Waals surface area contributed by atoms with E-state index in [1.165, 1.54) is 5.56 Å². The van der Waals surface area contributed by atoms with Crippen molar-refractivity contribution in [3.05, 3.63) is 65.9 Å². The molecule has 174 valence electrons. The minimum absolute atomic E-state index is 0.0356. The van der Waals surface area contributed by atoms with Crippen LogP contribution in [0.2, 0.25) is 0 Å². The van der Waals surface area contributed by atoms with Crippen LogP contribution < -0.4 is 10.6 Å². The molecule has 0 aliphatic heterocycles. The van der Waals surface area contributed by atoms with Crippen LogP contribution >= 0.6 is 0 Å². The van der Waals surface area contributed by atoms with E-state index in [1.54, 1.807) is 18.3 Å². The van der Waals surface area contributed by atoms with E-state index in [9.17, 15) is 9.90 Å². The molecule has 0 bridgehead atoms. The number of aromatic nitrogens is 2. The minimum Gasteiger partial charge on any atom is -0.465 e. The lowest BCUT2D eigenvalue weighted by atomic mass is 9.84. The lowest BCUT2D eigenvalue weighted by molar-refractivity contribution is 0.177. The van der Waals surface area contributed by atoms with Gasteiger partial charge in [-0.3, -0.25) is 0 Å². The molecule has 0 saturated carbocycles. The molecule has 0 spiro atoms. The lowest BCUT2D eigenvalue weighted by Gasteiger charge is -2.25. The van der Waals surface area contributed by atoms with Crippen molar-refractivity contribution in [2.75, 3.05) is 11.9 Å². The van der Waals surface area contributed by atoms with Gasteiger partial charge in [0.15, 0.2) is 5.82 Å². The van der Waals surface area contributed by atoms with Crippen molar-refractivity contribution in [2.45, 2.75) is 52.1 Å². The van der Waals surface area contributed by atoms with Gasteiger partial charge in [-0.1, -0.05) is 51.1 Å². The summed E-state index contributed by atoms with van der Waals surface area (Å²) in [6, 6.07) is 15.1. The normalized spacial score (nSPS) is 12.5. The van der Waals surface area contributed by atoms with Crippen LogP contribution in [0.25, 0.3) is 22.6 Å². The third kappa shape index (κ3) is 6.08. The number of rotatable bonds is 7. The summed E-state index contributed by atoms with van der Waals surface area (Å²) in [4.78, 5) is 20.1. The highest BCUT2D eigenvalue weighted by Crippen LogP contribution is 2.34. The van der Waals surface area contributed by atoms with E-state index in [-0.39, 0.29) is 12.0 Å². The summed E-state index contributed by atoms with van der Waals surface area (Å²) in [5.41, 5.74) is 5.63. The largest absolute Gasteiger partial charge is 0.465 e. The number of hydrogen-bond donors (Lipinski definition) is 4. The molecule has 7 nitrogen and oxygen atoms in total. The van der Waals surface area contributed by atoms with E-state index < -0.39 is 12.1 Å². The highest BCUT2D eigenvalue weighted by atomic mass is 16.4. The smallest absolute Gasteiger partial charge is 0.405 e. The molecule has 1 atom stereocenters. The van der Waals surface area contributed by atoms with Crippen molar-refractivity contribution in [1.82, 2.24) is 15.3 Å². The molecule has 4 N–H and O–H groups in total. The predicted molar refractivity (Wildman–Crippen MR) is 131 cm³/mol. The summed E-state index contributed by atoms with van der Waals surface area (Å²) in [7, 11) is 0. The number of hydrogen-bond acceptors (Lipinski definition) is 5. The molecule has 0 aliphatic carbocycles. The second-order valence-electron chi connectivity index (χ2n) is 9.38. The molecule has 0 radical (unpaired) electrons. The Morgan fingerprint density at radius 1 is 1.03 bits per heavy atom. The third-order valence-electron chi connectivity index (χ3n) is 5.27. The summed E-state index contributed by atoms with van der Waals surface area (Å²) in [6.07, 6.45) is 0.559. The maximum Gasteiger partial charge on any atom is 0.405 e. The molecule has 1 amide bonds. The zero-order valence-corrected chi connectivity index (χ0v) is 19.8. The van der Waals surface area contributed by atoms with Gasteiger partial charge in [0, 0.05) is 29.1 Å². The van der Waals surface area contributed by atoms with Gasteiger partial charge in [0.2, 0.25) is 0 Å². The van der Waals surface area contributed by atoms with Gasteiger partial charge in [0.25, 0.3) is 0 Å². The average Bonchev–Trinajstić information content (AvgIpc) is 2.77. The number of nitrogens with one attached hydrogen (secondary N) is 2. The standard InChI is InChI=1S/C26H32N4O3/c1-16(2)28-22-11-10-19(14-20(22)26(3,4)5)21-12-13-27-24(29-21)18-8-6-17(7-9-18)23(15-31)30-25(32)33/h6-14,16,23,28,30-31H,15H2,1-5H3,(H,32,33). The lowest BCUT2D eigenvalue weighted by Crippen LogP contribution is -2.29. The third-order valence-corrected chi connectivity index (χ3v) is 5.27. The van der Waals surface area contributed by atoms with Crippen molar-refractivity contribution in [2.24, 2.45) is 0 Å². The summed E-state index contributed by atoms with van der Waals surface area (Å²) < 4.78 is 0. The Bertz CT molecular complexity index is 1110. The topological polar surface area (TPSA) is 107 Å². The van der Waals surface area contributed by atoms with E-state index in [1.807, 2.05) is 18.2 Å². The van der Waals surface area contributed by atoms with Gasteiger partial charge in [-0.15, -0.1) is 0 Å². The van der Waals surface area contributed by atoms with Gasteiger partial charge < -0.3 is 20.8 Å². The van der Waals surface area contributed by atoms with E-state index in [0.29, 0.717) is 17.4 Å². The number of carboxylic acid groups (broad SMARTS) is 1. The first kappa shape index (κ1) is 24.2. The first-order valence-electron chi connectivity index (χ1n) is 11.0. The molecule has 3 rings (SSSR count). The number of nitrogens with zero attached hydrogens (tertiary/aromatic N) is 2. The van der Waals surface area contributed by atoms with Crippen molar-refractivity contribution in [1.29, 1.82) is 0 Å². The summed E-state index contributed by atoms with van der Waals surface area (Å²) in [5.74, 6) is 0.576. The quantitative estimate of drug-likeness (QED) is 0.394. The van der Waals surface area contributed by atoms with Crippen LogP contribution in [-0.2, 0) is 5.41 Å². The molecule has 7 heteroatoms. The number of amides is 1. The Morgan fingerprint density at radius 3 is 2.27 bits per heavy atom. The number of benzene rings is 2. The molecule has 2 aromatic carbocycles. The van der Waals surface area contributed by atoms with Crippen molar-refractivity contribution >= 4 is 11.8 Å². The van der Waals surface area contributed by atoms with Gasteiger partial charge in [-0.05, 0) is 48.6 Å². The Balaban J connectivity index is 1.93. The monoisotopic (exact) mass is 448 g/mol. The molecule has 1 aromatic heterocycles. The molecule has 0 saturated heterocycles. The molecule has 3 aromatic rings. The van der Waals surface area contributed by atoms with E-state index >= 15 is 0 Å². The van der Waals surface area contributed by atoms with E-state index in [2.05, 4.69) is 68.4 Å². The molecule has 1 heterocycles. The van der Waals surface area contributed by atoms with Crippen LogP contribution in [0, 0.1) is 0 Å². The fourth-order valence-corrected chi connectivity index (χ4v) is 3.67. The van der Waals surface area contributed by atoms with E-state index in [4.69, 9.17) is 10.1 Å². The molecule has 1 unspecified atom stereocenters. The molecule has 0 fully saturated rings. The molecule has 33 heavy (non-hydrogen) atoms. The summed E-state index contributed by atoms with van der Waals surface area (Å²) >= 11 is 0. The minimum atomic E-state index is -1.18. The Labute approximate surface area is 194 Å². The fraction of sp³-hybridized carbons (Fsp3) is 0.346. The number of carbonyl (C=O) groups is 1. The van der Waals surface area contributed by atoms with Gasteiger partial charge in [-0.25, -0.2) is 14.8 Å². The first-order chi connectivity index (χ1) is 15.6. The number of aliphatic hydroxyl groups is 1. The highest BCUT2D eigenvalue weighted by molar-refractivity contribution is 5.69. The maximum absolute atomic E-state index is 10.9. The number of anilines is 1. The maximum atomic E-state index is 10.9. The fourth-order valence-electron chi connectivity index (χ4n) is 3.67. The van der Waals surface area contributed by atoms with Gasteiger partial charge in [-0.2, -0.15) is 0 Å². The van der Waals surface area contributed by atoms with Crippen molar-refractivity contribution < 1.29 is 15.0 Å².